The van der Waals surface area contributed by atoms with Gasteiger partial charge in [-0.3, -0.25) is 9.78 Å². The van der Waals surface area contributed by atoms with Gasteiger partial charge in [-0.05, 0) is 56.7 Å². The molecule has 0 unspecified atom stereocenters. The van der Waals surface area contributed by atoms with E-state index < -0.39 is 0 Å². The lowest BCUT2D eigenvalue weighted by Crippen LogP contribution is -2.35. The first-order chi connectivity index (χ1) is 11.1. The Kier molecular flexibility index (Phi) is 5.92. The summed E-state index contributed by atoms with van der Waals surface area (Å²) in [5, 5.41) is 0. The molecule has 0 radical (unpaired) electrons. The number of pyridine rings is 1. The predicted molar refractivity (Wildman–Crippen MR) is 93.5 cm³/mol. The summed E-state index contributed by atoms with van der Waals surface area (Å²) in [4.78, 5) is 18.3. The molecule has 0 saturated heterocycles. The van der Waals surface area contributed by atoms with Gasteiger partial charge in [-0.1, -0.05) is 12.1 Å². The third kappa shape index (κ3) is 4.68. The molecule has 23 heavy (non-hydrogen) atoms. The molecule has 4 heteroatoms. The number of benzene rings is 1. The molecule has 0 aliphatic rings. The summed E-state index contributed by atoms with van der Waals surface area (Å²) in [6.07, 6.45) is 6.79. The normalized spacial score (nSPS) is 11.0. The van der Waals surface area contributed by atoms with Crippen molar-refractivity contribution in [2.45, 2.75) is 26.8 Å². The van der Waals surface area contributed by atoms with Gasteiger partial charge in [0.15, 0.2) is 0 Å². The van der Waals surface area contributed by atoms with Crippen LogP contribution in [-0.4, -0.2) is 23.5 Å². The van der Waals surface area contributed by atoms with Gasteiger partial charge in [0.1, 0.15) is 5.75 Å². The Morgan fingerprint density at radius 3 is 2.57 bits per heavy atom. The van der Waals surface area contributed by atoms with Crippen LogP contribution in [-0.2, 0) is 4.79 Å². The minimum absolute atomic E-state index is 0.0525. The maximum Gasteiger partial charge on any atom is 0.251 e. The van der Waals surface area contributed by atoms with E-state index in [1.165, 1.54) is 0 Å². The number of hydrogen-bond donors (Lipinski definition) is 0. The van der Waals surface area contributed by atoms with Gasteiger partial charge in [0.05, 0.1) is 18.5 Å². The van der Waals surface area contributed by atoms with E-state index in [9.17, 15) is 4.79 Å². The lowest BCUT2D eigenvalue weighted by atomic mass is 10.2. The number of amides is 1. The van der Waals surface area contributed by atoms with Crippen LogP contribution in [0.5, 0.6) is 5.75 Å². The molecule has 2 aromatic rings. The number of carbonyl (C=O) groups excluding carboxylic acids is 1. The molecular formula is C19H22N2O2. The Labute approximate surface area is 137 Å². The van der Waals surface area contributed by atoms with Crippen molar-refractivity contribution in [3.63, 3.8) is 0 Å². The van der Waals surface area contributed by atoms with E-state index in [4.69, 9.17) is 4.74 Å². The molecule has 1 aromatic carbocycles. The second-order valence-electron chi connectivity index (χ2n) is 5.35. The Morgan fingerprint density at radius 2 is 2.00 bits per heavy atom. The van der Waals surface area contributed by atoms with Gasteiger partial charge in [0, 0.05) is 18.3 Å². The first kappa shape index (κ1) is 16.7. The van der Waals surface area contributed by atoms with Gasteiger partial charge in [0.2, 0.25) is 0 Å². The molecule has 1 heterocycles. The van der Waals surface area contributed by atoms with Gasteiger partial charge in [-0.25, -0.2) is 0 Å². The van der Waals surface area contributed by atoms with Crippen LogP contribution >= 0.6 is 0 Å². The van der Waals surface area contributed by atoms with Gasteiger partial charge >= 0.3 is 0 Å². The van der Waals surface area contributed by atoms with Crippen LogP contribution in [0.2, 0.25) is 0 Å². The average molecular weight is 310 g/mol. The zero-order chi connectivity index (χ0) is 16.7. The fourth-order valence-corrected chi connectivity index (χ4v) is 2.27. The Bertz CT molecular complexity index is 649. The number of ether oxygens (including phenoxy) is 1. The van der Waals surface area contributed by atoms with Gasteiger partial charge in [-0.15, -0.1) is 0 Å². The average Bonchev–Trinajstić information content (AvgIpc) is 2.55. The van der Waals surface area contributed by atoms with E-state index >= 15 is 0 Å². The summed E-state index contributed by atoms with van der Waals surface area (Å²) in [5.41, 5.74) is 1.75. The zero-order valence-corrected chi connectivity index (χ0v) is 13.8. The molecule has 0 saturated carbocycles. The van der Waals surface area contributed by atoms with Crippen molar-refractivity contribution in [2.75, 3.05) is 11.5 Å². The molecule has 0 atom stereocenters. The summed E-state index contributed by atoms with van der Waals surface area (Å²) in [7, 11) is 0. The highest BCUT2D eigenvalue weighted by atomic mass is 16.5. The Morgan fingerprint density at radius 1 is 1.26 bits per heavy atom. The van der Waals surface area contributed by atoms with Gasteiger partial charge in [-0.2, -0.15) is 0 Å². The predicted octanol–water partition coefficient (Wildman–Crippen LogP) is 3.94. The van der Waals surface area contributed by atoms with Crippen LogP contribution in [0, 0.1) is 0 Å². The third-order valence-electron chi connectivity index (χ3n) is 3.29. The second kappa shape index (κ2) is 8.13. The molecule has 0 fully saturated rings. The zero-order valence-electron chi connectivity index (χ0n) is 13.8. The topological polar surface area (TPSA) is 42.4 Å². The molecule has 1 aromatic heterocycles. The van der Waals surface area contributed by atoms with Gasteiger partial charge < -0.3 is 9.64 Å². The number of aromatic nitrogens is 1. The van der Waals surface area contributed by atoms with E-state index in [-0.39, 0.29) is 11.9 Å². The van der Waals surface area contributed by atoms with Crippen LogP contribution in [0.1, 0.15) is 26.3 Å². The largest absolute Gasteiger partial charge is 0.494 e. The van der Waals surface area contributed by atoms with Crippen molar-refractivity contribution >= 4 is 17.7 Å². The SMILES string of the molecule is CCOc1ccc(/C=C/C(=O)N(c2cccnc2)C(C)C)cc1. The summed E-state index contributed by atoms with van der Waals surface area (Å²) >= 11 is 0. The fraction of sp³-hybridized carbons (Fsp3) is 0.263. The number of rotatable bonds is 6. The van der Waals surface area contributed by atoms with Gasteiger partial charge in [0.25, 0.3) is 5.91 Å². The van der Waals surface area contributed by atoms with Crippen molar-refractivity contribution in [2.24, 2.45) is 0 Å². The van der Waals surface area contributed by atoms with E-state index in [0.29, 0.717) is 6.61 Å². The number of nitrogens with zero attached hydrogens (tertiary/aromatic N) is 2. The van der Waals surface area contributed by atoms with Crippen LogP contribution < -0.4 is 9.64 Å². The molecule has 120 valence electrons. The third-order valence-corrected chi connectivity index (χ3v) is 3.29. The summed E-state index contributed by atoms with van der Waals surface area (Å²) < 4.78 is 5.41. The van der Waals surface area contributed by atoms with Crippen molar-refractivity contribution in [1.29, 1.82) is 0 Å². The number of carbonyl (C=O) groups is 1. The van der Waals surface area contributed by atoms with Crippen LogP contribution in [0.15, 0.2) is 54.9 Å². The quantitative estimate of drug-likeness (QED) is 0.759. The van der Waals surface area contributed by atoms with Crippen molar-refractivity contribution < 1.29 is 9.53 Å². The number of anilines is 1. The van der Waals surface area contributed by atoms with Crippen LogP contribution in [0.25, 0.3) is 6.08 Å². The summed E-state index contributed by atoms with van der Waals surface area (Å²) in [6.45, 7) is 6.55. The first-order valence-electron chi connectivity index (χ1n) is 7.76. The van der Waals surface area contributed by atoms with E-state index in [2.05, 4.69) is 4.98 Å². The Balaban J connectivity index is 2.12. The highest BCUT2D eigenvalue weighted by molar-refractivity contribution is 6.04. The minimum atomic E-state index is -0.0677. The van der Waals surface area contributed by atoms with E-state index in [0.717, 1.165) is 17.0 Å². The fourth-order valence-electron chi connectivity index (χ4n) is 2.27. The molecule has 0 aliphatic carbocycles. The van der Waals surface area contributed by atoms with E-state index in [1.54, 1.807) is 23.4 Å². The maximum absolute atomic E-state index is 12.5. The van der Waals surface area contributed by atoms with Crippen molar-refractivity contribution in [3.05, 3.63) is 60.4 Å². The highest BCUT2D eigenvalue weighted by Gasteiger charge is 2.16. The van der Waals surface area contributed by atoms with Crippen molar-refractivity contribution in [3.8, 4) is 5.75 Å². The maximum atomic E-state index is 12.5. The summed E-state index contributed by atoms with van der Waals surface area (Å²) in [5.74, 6) is 0.761. The first-order valence-corrected chi connectivity index (χ1v) is 7.76. The number of hydrogen-bond acceptors (Lipinski definition) is 3. The van der Waals surface area contributed by atoms with Crippen LogP contribution in [0.3, 0.4) is 0 Å². The highest BCUT2D eigenvalue weighted by Crippen LogP contribution is 2.17. The monoisotopic (exact) mass is 310 g/mol. The lowest BCUT2D eigenvalue weighted by molar-refractivity contribution is -0.114. The molecule has 2 rings (SSSR count). The smallest absolute Gasteiger partial charge is 0.251 e. The molecule has 0 aliphatic heterocycles. The standard InChI is InChI=1S/C19H22N2O2/c1-4-23-18-10-7-16(8-11-18)9-12-19(22)21(15(2)3)17-6-5-13-20-14-17/h5-15H,4H2,1-3H3/b12-9+. The molecule has 0 spiro atoms. The Hall–Kier alpha value is -2.62. The van der Waals surface area contributed by atoms with Crippen LogP contribution in [0.4, 0.5) is 5.69 Å². The second-order valence-corrected chi connectivity index (χ2v) is 5.35. The molecular weight excluding hydrogens is 288 g/mol. The molecule has 1 amide bonds. The minimum Gasteiger partial charge on any atom is -0.494 e. The summed E-state index contributed by atoms with van der Waals surface area (Å²) in [6, 6.07) is 11.4. The molecule has 0 bridgehead atoms. The van der Waals surface area contributed by atoms with E-state index in [1.807, 2.05) is 63.2 Å². The molecule has 0 N–H and O–H groups in total. The van der Waals surface area contributed by atoms with Crippen molar-refractivity contribution in [1.82, 2.24) is 4.98 Å². The molecule has 4 nitrogen and oxygen atoms in total. The lowest BCUT2D eigenvalue weighted by Gasteiger charge is -2.25.